The molecule has 0 aliphatic heterocycles. The minimum absolute atomic E-state index is 0.233. The molecule has 1 rings (SSSR count). The summed E-state index contributed by atoms with van der Waals surface area (Å²) in [4.78, 5) is 0. The van der Waals surface area contributed by atoms with E-state index in [0.29, 0.717) is 17.1 Å². The van der Waals surface area contributed by atoms with Crippen LogP contribution in [-0.4, -0.2) is 9.78 Å². The lowest BCUT2D eigenvalue weighted by atomic mass is 9.99. The highest BCUT2D eigenvalue weighted by atomic mass is 15.3. The number of hydrogen-bond donors (Lipinski definition) is 2. The topological polar surface area (TPSA) is 93.7 Å². The molecule has 0 saturated carbocycles. The molecular weight excluding hydrogens is 178 g/mol. The average Bonchev–Trinajstić information content (AvgIpc) is 2.41. The van der Waals surface area contributed by atoms with Crippen LogP contribution in [0.1, 0.15) is 31.1 Å². The third-order valence-corrected chi connectivity index (χ3v) is 2.26. The molecule has 1 aromatic rings. The highest BCUT2D eigenvalue weighted by molar-refractivity contribution is 5.52. The number of aryl methyl sites for hydroxylation is 1. The predicted molar refractivity (Wildman–Crippen MR) is 54.1 cm³/mol. The lowest BCUT2D eigenvalue weighted by Crippen LogP contribution is -2.18. The number of anilines is 1. The van der Waals surface area contributed by atoms with Crippen molar-refractivity contribution >= 4 is 5.82 Å². The van der Waals surface area contributed by atoms with Gasteiger partial charge < -0.3 is 11.5 Å². The predicted octanol–water partition coefficient (Wildman–Crippen LogP) is 0.530. The van der Waals surface area contributed by atoms with Gasteiger partial charge in [0.2, 0.25) is 0 Å². The van der Waals surface area contributed by atoms with Gasteiger partial charge in [0.25, 0.3) is 0 Å². The Morgan fingerprint density at radius 2 is 2.07 bits per heavy atom. The van der Waals surface area contributed by atoms with Gasteiger partial charge in [-0.1, -0.05) is 13.8 Å². The van der Waals surface area contributed by atoms with Gasteiger partial charge in [-0.2, -0.15) is 10.4 Å². The molecule has 0 unspecified atom stereocenters. The van der Waals surface area contributed by atoms with Crippen LogP contribution in [0.5, 0.6) is 0 Å². The summed E-state index contributed by atoms with van der Waals surface area (Å²) >= 11 is 0. The van der Waals surface area contributed by atoms with Crippen molar-refractivity contribution in [3.63, 3.8) is 0 Å². The highest BCUT2D eigenvalue weighted by Gasteiger charge is 2.21. The van der Waals surface area contributed by atoms with Crippen molar-refractivity contribution in [2.75, 3.05) is 5.73 Å². The minimum atomic E-state index is -0.242. The third kappa shape index (κ3) is 1.56. The number of hydrogen-bond acceptors (Lipinski definition) is 4. The van der Waals surface area contributed by atoms with Crippen molar-refractivity contribution in [2.45, 2.75) is 19.9 Å². The maximum absolute atomic E-state index is 8.90. The number of rotatable bonds is 2. The lowest BCUT2D eigenvalue weighted by molar-refractivity contribution is 0.496. The Hall–Kier alpha value is -1.54. The summed E-state index contributed by atoms with van der Waals surface area (Å²) in [6.45, 7) is 3.97. The molecule has 5 heteroatoms. The van der Waals surface area contributed by atoms with E-state index in [1.807, 2.05) is 19.9 Å². The van der Waals surface area contributed by atoms with Gasteiger partial charge in [0.15, 0.2) is 0 Å². The number of nitrogens with zero attached hydrogens (tertiary/aromatic N) is 3. The number of nitriles is 1. The van der Waals surface area contributed by atoms with Crippen LogP contribution in [0.4, 0.5) is 5.82 Å². The minimum Gasteiger partial charge on any atom is -0.383 e. The Balaban J connectivity index is 3.23. The summed E-state index contributed by atoms with van der Waals surface area (Å²) in [6.07, 6.45) is 0. The van der Waals surface area contributed by atoms with Crippen molar-refractivity contribution < 1.29 is 0 Å². The molecule has 0 radical (unpaired) electrons. The van der Waals surface area contributed by atoms with Gasteiger partial charge in [-0.3, -0.25) is 4.68 Å². The fraction of sp³-hybridized carbons (Fsp3) is 0.556. The van der Waals surface area contributed by atoms with E-state index < -0.39 is 0 Å². The molecule has 5 nitrogen and oxygen atoms in total. The second kappa shape index (κ2) is 3.68. The number of aromatic nitrogens is 2. The standard InChI is InChI=1S/C9H15N5/c1-5(2)7(11)8-6(4-10)9(12)14(3)13-8/h5,7H,11-12H2,1-3H3/t7-/m0/s1. The Morgan fingerprint density at radius 1 is 1.50 bits per heavy atom. The Labute approximate surface area is 83.3 Å². The van der Waals surface area contributed by atoms with Gasteiger partial charge in [-0.25, -0.2) is 0 Å². The monoisotopic (exact) mass is 193 g/mol. The molecule has 0 aliphatic carbocycles. The van der Waals surface area contributed by atoms with E-state index in [1.165, 1.54) is 4.68 Å². The van der Waals surface area contributed by atoms with Gasteiger partial charge >= 0.3 is 0 Å². The average molecular weight is 193 g/mol. The molecule has 4 N–H and O–H groups in total. The van der Waals surface area contributed by atoms with Crippen LogP contribution >= 0.6 is 0 Å². The Kier molecular flexibility index (Phi) is 2.77. The first-order valence-corrected chi connectivity index (χ1v) is 4.47. The van der Waals surface area contributed by atoms with E-state index in [0.717, 1.165) is 0 Å². The van der Waals surface area contributed by atoms with Gasteiger partial charge in [-0.05, 0) is 5.92 Å². The van der Waals surface area contributed by atoms with E-state index in [1.54, 1.807) is 7.05 Å². The largest absolute Gasteiger partial charge is 0.383 e. The summed E-state index contributed by atoms with van der Waals surface area (Å²) in [5, 5.41) is 13.1. The van der Waals surface area contributed by atoms with Crippen LogP contribution in [0.25, 0.3) is 0 Å². The van der Waals surface area contributed by atoms with E-state index in [9.17, 15) is 0 Å². The summed E-state index contributed by atoms with van der Waals surface area (Å²) < 4.78 is 1.48. The Bertz CT molecular complexity index is 371. The normalized spacial score (nSPS) is 12.9. The van der Waals surface area contributed by atoms with Crippen LogP contribution in [-0.2, 0) is 7.05 Å². The molecule has 0 aromatic carbocycles. The fourth-order valence-electron chi connectivity index (χ4n) is 1.22. The van der Waals surface area contributed by atoms with E-state index >= 15 is 0 Å². The van der Waals surface area contributed by atoms with E-state index in [-0.39, 0.29) is 12.0 Å². The molecule has 1 atom stereocenters. The van der Waals surface area contributed by atoms with Crippen LogP contribution < -0.4 is 11.5 Å². The van der Waals surface area contributed by atoms with Crippen LogP contribution in [0, 0.1) is 17.2 Å². The summed E-state index contributed by atoms with van der Waals surface area (Å²) in [6, 6.07) is 1.79. The smallest absolute Gasteiger partial charge is 0.139 e. The molecule has 0 spiro atoms. The molecule has 0 saturated heterocycles. The second-order valence-electron chi connectivity index (χ2n) is 3.65. The summed E-state index contributed by atoms with van der Waals surface area (Å²) in [5.41, 5.74) is 12.6. The molecule has 0 bridgehead atoms. The van der Waals surface area contributed by atoms with Crippen molar-refractivity contribution in [2.24, 2.45) is 18.7 Å². The molecule has 1 heterocycles. The SMILES string of the molecule is CC(C)[C@H](N)c1nn(C)c(N)c1C#N. The first-order valence-electron chi connectivity index (χ1n) is 4.47. The molecule has 0 fully saturated rings. The maximum Gasteiger partial charge on any atom is 0.139 e. The van der Waals surface area contributed by atoms with Crippen molar-refractivity contribution in [1.82, 2.24) is 9.78 Å². The van der Waals surface area contributed by atoms with Gasteiger partial charge in [0, 0.05) is 7.05 Å². The van der Waals surface area contributed by atoms with Gasteiger partial charge in [-0.15, -0.1) is 0 Å². The molecular formula is C9H15N5. The molecule has 76 valence electrons. The molecule has 0 aliphatic rings. The summed E-state index contributed by atoms with van der Waals surface area (Å²) in [7, 11) is 1.70. The number of nitrogen functional groups attached to an aromatic ring is 1. The molecule has 1 aromatic heterocycles. The number of nitrogens with two attached hydrogens (primary N) is 2. The summed E-state index contributed by atoms with van der Waals surface area (Å²) in [5.74, 6) is 0.606. The fourth-order valence-corrected chi connectivity index (χ4v) is 1.22. The molecule has 14 heavy (non-hydrogen) atoms. The quantitative estimate of drug-likeness (QED) is 0.716. The highest BCUT2D eigenvalue weighted by Crippen LogP contribution is 2.24. The van der Waals surface area contributed by atoms with Crippen LogP contribution in [0.15, 0.2) is 0 Å². The molecule has 0 amide bonds. The van der Waals surface area contributed by atoms with Crippen LogP contribution in [0.3, 0.4) is 0 Å². The maximum atomic E-state index is 8.90. The van der Waals surface area contributed by atoms with E-state index in [4.69, 9.17) is 16.7 Å². The Morgan fingerprint density at radius 3 is 2.50 bits per heavy atom. The van der Waals surface area contributed by atoms with E-state index in [2.05, 4.69) is 5.10 Å². The first-order chi connectivity index (χ1) is 6.49. The zero-order valence-corrected chi connectivity index (χ0v) is 8.65. The lowest BCUT2D eigenvalue weighted by Gasteiger charge is -2.12. The van der Waals surface area contributed by atoms with Crippen molar-refractivity contribution in [3.8, 4) is 6.07 Å². The van der Waals surface area contributed by atoms with Gasteiger partial charge in [0.05, 0.1) is 11.7 Å². The van der Waals surface area contributed by atoms with Crippen LogP contribution in [0.2, 0.25) is 0 Å². The van der Waals surface area contributed by atoms with Crippen molar-refractivity contribution in [3.05, 3.63) is 11.3 Å². The first kappa shape index (κ1) is 10.5. The zero-order valence-electron chi connectivity index (χ0n) is 8.65. The second-order valence-corrected chi connectivity index (χ2v) is 3.65. The zero-order chi connectivity index (χ0) is 10.9. The van der Waals surface area contributed by atoms with Gasteiger partial charge in [0.1, 0.15) is 17.5 Å². The third-order valence-electron chi connectivity index (χ3n) is 2.26. The van der Waals surface area contributed by atoms with Crippen molar-refractivity contribution in [1.29, 1.82) is 5.26 Å².